The number of carbonyl (C=O) groups is 2. The van der Waals surface area contributed by atoms with Gasteiger partial charge in [0.15, 0.2) is 5.82 Å². The maximum Gasteiger partial charge on any atom is 0.426 e. The molecule has 3 aromatic rings. The molecule has 0 unspecified atom stereocenters. The van der Waals surface area contributed by atoms with Crippen LogP contribution >= 0.6 is 0 Å². The summed E-state index contributed by atoms with van der Waals surface area (Å²) in [5.41, 5.74) is 2.66. The van der Waals surface area contributed by atoms with Crippen molar-refractivity contribution in [3.63, 3.8) is 0 Å². The van der Waals surface area contributed by atoms with E-state index < -0.39 is 66.8 Å². The number of nitrogens with zero attached hydrogens (tertiary/aromatic N) is 5. The van der Waals surface area contributed by atoms with Crippen LogP contribution in [0.4, 0.5) is 40.9 Å². The highest BCUT2D eigenvalue weighted by Crippen LogP contribution is 2.37. The fourth-order valence-electron chi connectivity index (χ4n) is 5.96. The highest BCUT2D eigenvalue weighted by Gasteiger charge is 2.58. The molecule has 48 heavy (non-hydrogen) atoms. The molecule has 0 radical (unpaired) electrons. The Kier molecular flexibility index (Phi) is 9.24. The number of hydrogen-bond acceptors (Lipinski definition) is 8. The van der Waals surface area contributed by atoms with Gasteiger partial charge in [-0.2, -0.15) is 31.4 Å². The molecule has 262 valence electrons. The van der Waals surface area contributed by atoms with Crippen LogP contribution in [0.3, 0.4) is 0 Å². The van der Waals surface area contributed by atoms with Crippen LogP contribution in [0.1, 0.15) is 35.7 Å². The van der Waals surface area contributed by atoms with E-state index >= 15 is 4.39 Å². The molecule has 2 saturated heterocycles. The van der Waals surface area contributed by atoms with Crippen LogP contribution in [0.25, 0.3) is 16.8 Å². The number of nitrogens with one attached hydrogen (secondary N) is 1. The van der Waals surface area contributed by atoms with Crippen molar-refractivity contribution in [2.24, 2.45) is 5.92 Å². The van der Waals surface area contributed by atoms with Gasteiger partial charge in [-0.25, -0.2) is 18.3 Å². The van der Waals surface area contributed by atoms with Gasteiger partial charge in [-0.05, 0) is 50.6 Å². The van der Waals surface area contributed by atoms with Crippen molar-refractivity contribution in [3.05, 3.63) is 41.5 Å². The molecule has 19 heteroatoms. The average Bonchev–Trinajstić information content (AvgIpc) is 3.56. The summed E-state index contributed by atoms with van der Waals surface area (Å²) in [5, 5.41) is 16.2. The first-order valence-corrected chi connectivity index (χ1v) is 14.6. The second-order valence-electron chi connectivity index (χ2n) is 12.0. The number of fused-ring (bicyclic) bond motifs is 1. The third-order valence-electron chi connectivity index (χ3n) is 8.74. The Morgan fingerprint density at radius 2 is 1.77 bits per heavy atom. The summed E-state index contributed by atoms with van der Waals surface area (Å²) >= 11 is 0. The first kappa shape index (κ1) is 35.1. The minimum atomic E-state index is -5.34. The summed E-state index contributed by atoms with van der Waals surface area (Å²) in [4.78, 5) is 32.0. The number of amides is 2. The van der Waals surface area contributed by atoms with E-state index in [0.29, 0.717) is 10.5 Å². The number of aliphatic hydroxyl groups is 1. The molecule has 0 aliphatic carbocycles. The van der Waals surface area contributed by atoms with Crippen LogP contribution in [0.5, 0.6) is 5.75 Å². The van der Waals surface area contributed by atoms with E-state index in [1.807, 2.05) is 0 Å². The number of nitrogen functional groups attached to an aromatic ring is 1. The standard InChI is InChI=1S/C29H31F8N7O4/c1-27(47,29(35,36)37)26(46)43-11-19(31)20(12-43)41-25(45)17-8-16(18(30)9-22(17)48-2)21-7-14(23-24(38)39-13-40-44(21)23)10-42-5-3-15(4-6-42)28(32,33)34/h7-9,13,15,19-20,47H,3-6,10-12H2,1-2H3,(H,41,45)(H2,38,39,40)/t19-,20+,27+/m0/s1. The van der Waals surface area contributed by atoms with Crippen molar-refractivity contribution in [2.75, 3.05) is 39.0 Å². The third-order valence-corrected chi connectivity index (χ3v) is 8.74. The molecule has 2 aliphatic rings. The minimum Gasteiger partial charge on any atom is -0.496 e. The van der Waals surface area contributed by atoms with Gasteiger partial charge in [0.2, 0.25) is 5.60 Å². The Labute approximate surface area is 267 Å². The molecule has 1 aromatic carbocycles. The van der Waals surface area contributed by atoms with E-state index in [4.69, 9.17) is 10.5 Å². The van der Waals surface area contributed by atoms with Crippen molar-refractivity contribution in [1.29, 1.82) is 0 Å². The highest BCUT2D eigenvalue weighted by atomic mass is 19.4. The second kappa shape index (κ2) is 12.6. The van der Waals surface area contributed by atoms with Gasteiger partial charge < -0.3 is 25.8 Å². The van der Waals surface area contributed by atoms with E-state index in [9.17, 15) is 45.4 Å². The van der Waals surface area contributed by atoms with Gasteiger partial charge in [0.05, 0.1) is 36.9 Å². The second-order valence-corrected chi connectivity index (χ2v) is 12.0. The quantitative estimate of drug-likeness (QED) is 0.320. The van der Waals surface area contributed by atoms with Crippen LogP contribution < -0.4 is 15.8 Å². The predicted octanol–water partition coefficient (Wildman–Crippen LogP) is 3.49. The van der Waals surface area contributed by atoms with Crippen LogP contribution in [0, 0.1) is 11.7 Å². The van der Waals surface area contributed by atoms with E-state index in [1.165, 1.54) is 10.6 Å². The number of nitrogens with two attached hydrogens (primary N) is 1. The zero-order chi connectivity index (χ0) is 35.3. The largest absolute Gasteiger partial charge is 0.496 e. The molecule has 5 rings (SSSR count). The SMILES string of the molecule is COc1cc(F)c(-c2cc(CN3CCC(C(F)(F)F)CC3)c3c(N)ncnn23)cc1C(=O)N[C@@H]1CN(C(=O)[C@@](C)(O)C(F)(F)F)C[C@@H]1F. The van der Waals surface area contributed by atoms with Crippen LogP contribution in [-0.2, 0) is 11.3 Å². The van der Waals surface area contributed by atoms with Gasteiger partial charge in [0.1, 0.15) is 29.6 Å². The van der Waals surface area contributed by atoms with E-state index in [1.54, 1.807) is 4.90 Å². The zero-order valence-electron chi connectivity index (χ0n) is 25.5. The lowest BCUT2D eigenvalue weighted by Gasteiger charge is -2.32. The van der Waals surface area contributed by atoms with Gasteiger partial charge >= 0.3 is 12.4 Å². The van der Waals surface area contributed by atoms with Crippen LogP contribution in [0.2, 0.25) is 0 Å². The summed E-state index contributed by atoms with van der Waals surface area (Å²) in [6.45, 7) is -0.886. The average molecular weight is 694 g/mol. The van der Waals surface area contributed by atoms with Crippen molar-refractivity contribution < 1.29 is 54.6 Å². The van der Waals surface area contributed by atoms with Gasteiger partial charge in [-0.1, -0.05) is 0 Å². The number of rotatable bonds is 7. The van der Waals surface area contributed by atoms with E-state index in [0.717, 1.165) is 25.6 Å². The molecular formula is C29H31F8N7O4. The molecule has 2 fully saturated rings. The van der Waals surface area contributed by atoms with Gasteiger partial charge in [0.25, 0.3) is 11.8 Å². The molecule has 2 aromatic heterocycles. The lowest BCUT2D eigenvalue weighted by molar-refractivity contribution is -0.249. The normalized spacial score (nSPS) is 21.0. The number of aromatic nitrogens is 3. The van der Waals surface area contributed by atoms with Crippen LogP contribution in [-0.4, -0.2) is 105 Å². The third kappa shape index (κ3) is 6.56. The topological polar surface area (TPSA) is 138 Å². The maximum atomic E-state index is 15.6. The number of anilines is 1. The molecule has 0 bridgehead atoms. The van der Waals surface area contributed by atoms with Gasteiger partial charge in [-0.15, -0.1) is 0 Å². The number of benzene rings is 1. The number of hydrogen-bond donors (Lipinski definition) is 3. The van der Waals surface area contributed by atoms with E-state index in [2.05, 4.69) is 15.4 Å². The fourth-order valence-corrected chi connectivity index (χ4v) is 5.96. The lowest BCUT2D eigenvalue weighted by atomic mass is 9.96. The van der Waals surface area contributed by atoms with Crippen molar-refractivity contribution in [2.45, 2.75) is 56.5 Å². The van der Waals surface area contributed by atoms with Crippen molar-refractivity contribution in [3.8, 4) is 17.0 Å². The Balaban J connectivity index is 1.42. The van der Waals surface area contributed by atoms with Gasteiger partial charge in [0, 0.05) is 24.7 Å². The molecule has 11 nitrogen and oxygen atoms in total. The monoisotopic (exact) mass is 693 g/mol. The molecule has 0 saturated carbocycles. The number of methoxy groups -OCH3 is 1. The summed E-state index contributed by atoms with van der Waals surface area (Å²) in [7, 11) is 1.14. The number of ether oxygens (including phenoxy) is 1. The lowest BCUT2D eigenvalue weighted by Crippen LogP contribution is -2.56. The summed E-state index contributed by atoms with van der Waals surface area (Å²) in [5.74, 6) is -5.39. The molecular weight excluding hydrogens is 662 g/mol. The smallest absolute Gasteiger partial charge is 0.426 e. The minimum absolute atomic E-state index is 0.00198. The first-order valence-electron chi connectivity index (χ1n) is 14.6. The van der Waals surface area contributed by atoms with Crippen LogP contribution in [0.15, 0.2) is 24.5 Å². The Hall–Kier alpha value is -4.26. The number of carbonyl (C=O) groups excluding carboxylic acids is 2. The molecule has 0 spiro atoms. The van der Waals surface area contributed by atoms with E-state index in [-0.39, 0.29) is 73.3 Å². The number of alkyl halides is 7. The number of likely N-dealkylation sites (tertiary alicyclic amines) is 2. The molecule has 4 N–H and O–H groups in total. The molecule has 3 atom stereocenters. The number of halogens is 8. The first-order chi connectivity index (χ1) is 22.3. The Morgan fingerprint density at radius 1 is 1.10 bits per heavy atom. The molecule has 2 aliphatic heterocycles. The molecule has 4 heterocycles. The Bertz CT molecular complexity index is 1700. The maximum absolute atomic E-state index is 15.6. The van der Waals surface area contributed by atoms with Crippen molar-refractivity contribution >= 4 is 23.1 Å². The molecule has 2 amide bonds. The van der Waals surface area contributed by atoms with Gasteiger partial charge in [-0.3, -0.25) is 14.5 Å². The van der Waals surface area contributed by atoms with Crippen molar-refractivity contribution in [1.82, 2.24) is 29.7 Å². The number of piperidine rings is 1. The Morgan fingerprint density at radius 3 is 2.38 bits per heavy atom. The predicted molar refractivity (Wildman–Crippen MR) is 153 cm³/mol. The summed E-state index contributed by atoms with van der Waals surface area (Å²) in [6, 6.07) is 1.99. The summed E-state index contributed by atoms with van der Waals surface area (Å²) < 4.78 is 116. The fraction of sp³-hybridized carbons (Fsp3) is 0.517. The summed E-state index contributed by atoms with van der Waals surface area (Å²) in [6.07, 6.45) is -10.8. The highest BCUT2D eigenvalue weighted by molar-refractivity contribution is 5.99. The zero-order valence-corrected chi connectivity index (χ0v) is 25.5.